The van der Waals surface area contributed by atoms with Crippen LogP contribution in [0.4, 0.5) is 19.0 Å². The Morgan fingerprint density at radius 2 is 2.03 bits per heavy atom. The van der Waals surface area contributed by atoms with Crippen LogP contribution in [0.1, 0.15) is 34.1 Å². The molecule has 2 N–H and O–H groups in total. The fourth-order valence-corrected chi connectivity index (χ4v) is 4.41. The summed E-state index contributed by atoms with van der Waals surface area (Å²) < 4.78 is 45.9. The maximum absolute atomic E-state index is 12.0. The number of nitrogens with one attached hydrogen (secondary N) is 2. The number of hydrogen-bond acceptors (Lipinski definition) is 6. The van der Waals surface area contributed by atoms with Crippen molar-refractivity contribution in [2.75, 3.05) is 18.5 Å². The highest BCUT2D eigenvalue weighted by Crippen LogP contribution is 2.61. The number of rotatable bonds is 3. The van der Waals surface area contributed by atoms with Crippen LogP contribution < -0.4 is 5.32 Å². The van der Waals surface area contributed by atoms with Crippen LogP contribution in [0, 0.1) is 17.8 Å². The van der Waals surface area contributed by atoms with Crippen molar-refractivity contribution in [3.05, 3.63) is 11.6 Å². The zero-order valence-electron chi connectivity index (χ0n) is 17.3. The molecule has 5 rings (SSSR count). The molecule has 3 aliphatic rings. The van der Waals surface area contributed by atoms with Crippen LogP contribution in [-0.4, -0.2) is 57.6 Å². The zero-order chi connectivity index (χ0) is 22.1. The van der Waals surface area contributed by atoms with Crippen molar-refractivity contribution in [2.24, 2.45) is 17.8 Å². The number of nitrogens with zero attached hydrogens (tertiary/aromatic N) is 3. The third-order valence-corrected chi connectivity index (χ3v) is 5.59. The summed E-state index contributed by atoms with van der Waals surface area (Å²) in [5, 5.41) is 2.42. The lowest BCUT2D eigenvalue weighted by atomic mass is 10.1. The number of halogens is 4. The quantitative estimate of drug-likeness (QED) is 0.673. The van der Waals surface area contributed by atoms with Crippen molar-refractivity contribution < 1.29 is 22.6 Å². The fraction of sp³-hybridized carbons (Fsp3) is 0.737. The van der Waals surface area contributed by atoms with Crippen molar-refractivity contribution >= 4 is 28.6 Å². The molecule has 168 valence electrons. The number of aromatic nitrogens is 4. The minimum atomic E-state index is -2.46. The molecule has 1 saturated heterocycles. The molecule has 3 heterocycles. The summed E-state index contributed by atoms with van der Waals surface area (Å²) in [6, 6.07) is 0. The van der Waals surface area contributed by atoms with Crippen LogP contribution in [0.15, 0.2) is 6.33 Å². The highest BCUT2D eigenvalue weighted by molar-refractivity contribution is 6.28. The molecule has 0 amide bonds. The molecular formula is C19H27ClF3N5O2. The highest BCUT2D eigenvalue weighted by Gasteiger charge is 2.64. The first kappa shape index (κ1) is 23.0. The van der Waals surface area contributed by atoms with Gasteiger partial charge in [0.2, 0.25) is 5.28 Å². The van der Waals surface area contributed by atoms with E-state index in [4.69, 9.17) is 21.1 Å². The minimum absolute atomic E-state index is 0.0358. The van der Waals surface area contributed by atoms with E-state index >= 15 is 0 Å². The number of alkyl halides is 3. The maximum atomic E-state index is 12.0. The van der Waals surface area contributed by atoms with Gasteiger partial charge >= 0.3 is 0 Å². The molecule has 3 fully saturated rings. The molecule has 2 aliphatic carbocycles. The van der Waals surface area contributed by atoms with Crippen LogP contribution in [0.3, 0.4) is 0 Å². The second-order valence-electron chi connectivity index (χ2n) is 7.96. The fourth-order valence-electron chi connectivity index (χ4n) is 4.24. The van der Waals surface area contributed by atoms with Gasteiger partial charge in [-0.2, -0.15) is 9.97 Å². The number of ether oxygens (including phenoxy) is 2. The van der Waals surface area contributed by atoms with Crippen molar-refractivity contribution in [1.82, 2.24) is 19.9 Å². The Labute approximate surface area is 178 Å². The first-order valence-corrected chi connectivity index (χ1v) is 10.3. The van der Waals surface area contributed by atoms with E-state index in [2.05, 4.69) is 32.2 Å². The van der Waals surface area contributed by atoms with Gasteiger partial charge in [0.15, 0.2) is 17.3 Å². The standard InChI is InChI=1S/C10H16O2.C7H6ClF2N5.C2H5F/c1-5-6-4-7-9(8(5)6)12-10(2,3)11-7;8-7-14-5(11-1-3(9)10)4-6(15-7)13-2-12-4;1-2-3/h5-9H,4H2,1-3H3;2-3H,1H2,(H2,11,12,13,14,15);2H2,1H3. The maximum Gasteiger partial charge on any atom is 0.255 e. The van der Waals surface area contributed by atoms with Gasteiger partial charge in [-0.3, -0.25) is 4.39 Å². The van der Waals surface area contributed by atoms with E-state index in [1.54, 1.807) is 0 Å². The van der Waals surface area contributed by atoms with Crippen molar-refractivity contribution in [1.29, 1.82) is 0 Å². The van der Waals surface area contributed by atoms with Crippen LogP contribution in [0.25, 0.3) is 11.2 Å². The molecule has 2 aromatic rings. The zero-order valence-corrected chi connectivity index (χ0v) is 18.1. The summed E-state index contributed by atoms with van der Waals surface area (Å²) in [5.74, 6) is 2.53. The monoisotopic (exact) mass is 449 g/mol. The number of imidazole rings is 1. The Hall–Kier alpha value is -1.65. The van der Waals surface area contributed by atoms with Crippen molar-refractivity contribution in [3.63, 3.8) is 0 Å². The normalized spacial score (nSPS) is 30.1. The predicted octanol–water partition coefficient (Wildman–Crippen LogP) is 4.45. The second kappa shape index (κ2) is 9.23. The van der Waals surface area contributed by atoms with Gasteiger partial charge < -0.3 is 19.8 Å². The summed E-state index contributed by atoms with van der Waals surface area (Å²) in [6.45, 7) is 7.09. The molecule has 11 heteroatoms. The molecule has 30 heavy (non-hydrogen) atoms. The van der Waals surface area contributed by atoms with Crippen molar-refractivity contribution in [2.45, 2.75) is 58.5 Å². The molecule has 0 aromatic carbocycles. The second-order valence-corrected chi connectivity index (χ2v) is 8.29. The summed E-state index contributed by atoms with van der Waals surface area (Å²) in [6.07, 6.45) is 0.992. The Bertz CT molecular complexity index is 853. The van der Waals surface area contributed by atoms with Gasteiger partial charge in [0.1, 0.15) is 5.52 Å². The summed E-state index contributed by atoms with van der Waals surface area (Å²) in [7, 11) is 0. The summed E-state index contributed by atoms with van der Waals surface area (Å²) in [4.78, 5) is 14.2. The largest absolute Gasteiger partial charge is 0.362 e. The molecule has 7 nitrogen and oxygen atoms in total. The summed E-state index contributed by atoms with van der Waals surface area (Å²) >= 11 is 5.59. The predicted molar refractivity (Wildman–Crippen MR) is 107 cm³/mol. The van der Waals surface area contributed by atoms with Gasteiger partial charge in [0.25, 0.3) is 6.43 Å². The first-order chi connectivity index (χ1) is 14.2. The van der Waals surface area contributed by atoms with E-state index in [-0.39, 0.29) is 23.6 Å². The smallest absolute Gasteiger partial charge is 0.255 e. The molecular weight excluding hydrogens is 423 g/mol. The number of fused-ring (bicyclic) bond motifs is 4. The minimum Gasteiger partial charge on any atom is -0.362 e. The highest BCUT2D eigenvalue weighted by atomic mass is 35.5. The number of anilines is 1. The van der Waals surface area contributed by atoms with E-state index in [9.17, 15) is 13.2 Å². The van der Waals surface area contributed by atoms with Gasteiger partial charge in [-0.15, -0.1) is 0 Å². The van der Waals surface area contributed by atoms with Crippen LogP contribution in [0.2, 0.25) is 5.28 Å². The van der Waals surface area contributed by atoms with Crippen LogP contribution in [-0.2, 0) is 9.47 Å². The van der Waals surface area contributed by atoms with Gasteiger partial charge in [0, 0.05) is 0 Å². The third-order valence-electron chi connectivity index (χ3n) is 5.42. The lowest BCUT2D eigenvalue weighted by Crippen LogP contribution is -2.22. The lowest BCUT2D eigenvalue weighted by Gasteiger charge is -2.17. The lowest BCUT2D eigenvalue weighted by molar-refractivity contribution is -0.152. The molecule has 2 aromatic heterocycles. The summed E-state index contributed by atoms with van der Waals surface area (Å²) in [5.41, 5.74) is 0.798. The van der Waals surface area contributed by atoms with Gasteiger partial charge in [-0.25, -0.2) is 13.8 Å². The number of aromatic amines is 1. The van der Waals surface area contributed by atoms with Crippen molar-refractivity contribution in [3.8, 4) is 0 Å². The first-order valence-electron chi connectivity index (χ1n) is 9.97. The molecule has 0 radical (unpaired) electrons. The van der Waals surface area contributed by atoms with Crippen LogP contribution >= 0.6 is 11.6 Å². The van der Waals surface area contributed by atoms with Crippen LogP contribution in [0.5, 0.6) is 0 Å². The molecule has 5 atom stereocenters. The molecule has 2 saturated carbocycles. The van der Waals surface area contributed by atoms with Gasteiger partial charge in [-0.05, 0) is 56.5 Å². The molecule has 0 spiro atoms. The van der Waals surface area contributed by atoms with E-state index in [1.165, 1.54) is 19.7 Å². The van der Waals surface area contributed by atoms with E-state index < -0.39 is 13.0 Å². The van der Waals surface area contributed by atoms with E-state index in [1.807, 2.05) is 13.8 Å². The SMILES string of the molecule is CC1C2CC3OC(C)(C)OC3C12.CCF.FC(F)CNc1nc(Cl)nc2nc[nH]c12. The average molecular weight is 450 g/mol. The molecule has 1 aliphatic heterocycles. The third kappa shape index (κ3) is 5.15. The topological polar surface area (TPSA) is 84.9 Å². The number of hydrogen-bond donors (Lipinski definition) is 2. The van der Waals surface area contributed by atoms with E-state index in [0.717, 1.165) is 17.8 Å². The average Bonchev–Trinajstić information content (AvgIpc) is 3.01. The molecule has 5 unspecified atom stereocenters. The van der Waals surface area contributed by atoms with Gasteiger partial charge in [0.05, 0.1) is 31.8 Å². The Morgan fingerprint density at radius 3 is 2.70 bits per heavy atom. The Morgan fingerprint density at radius 1 is 1.33 bits per heavy atom. The van der Waals surface area contributed by atoms with Gasteiger partial charge in [-0.1, -0.05) is 6.92 Å². The number of H-pyrrole nitrogens is 1. The Kier molecular flexibility index (Phi) is 7.09. The van der Waals surface area contributed by atoms with E-state index in [0.29, 0.717) is 23.4 Å². The Balaban J connectivity index is 0.000000153. The molecule has 0 bridgehead atoms.